The zero-order valence-corrected chi connectivity index (χ0v) is 19.3. The van der Waals surface area contributed by atoms with Crippen molar-refractivity contribution in [2.24, 2.45) is 5.92 Å². The number of ether oxygens (including phenoxy) is 2. The molecule has 1 aliphatic carbocycles. The Morgan fingerprint density at radius 2 is 1.94 bits per heavy atom. The Labute approximate surface area is 198 Å². The Morgan fingerprint density at radius 1 is 1.17 bits per heavy atom. The van der Waals surface area contributed by atoms with Gasteiger partial charge >= 0.3 is 6.18 Å². The van der Waals surface area contributed by atoms with Gasteiger partial charge in [-0.2, -0.15) is 18.2 Å². The lowest BCUT2D eigenvalue weighted by atomic mass is 10.1. The van der Waals surface area contributed by atoms with Crippen LogP contribution < -0.4 is 10.6 Å². The molecule has 4 atom stereocenters. The minimum Gasteiger partial charge on any atom is -0.436 e. The number of hydrogen-bond acceptors (Lipinski definition) is 10. The standard InChI is InChI=1S/C22H25F3N6O4/c1-10-15(19-30-13-7-26-5-4-14(13)33-19)18(31-20(28-10)27-9-22(23,24)25)29-12-6-11(8-32)16-17(12)35-21(2,3)34-16/h4-5,7,11-12,16-17,32H,6,8-9H2,1-3H3,(H2,27,28,29,31)/t11-,12-,16-,17+/m1/s1. The Morgan fingerprint density at radius 3 is 2.66 bits per heavy atom. The highest BCUT2D eigenvalue weighted by atomic mass is 19.4. The van der Waals surface area contributed by atoms with Gasteiger partial charge in [0.25, 0.3) is 0 Å². The Bertz CT molecular complexity index is 1200. The second kappa shape index (κ2) is 8.57. The maximum Gasteiger partial charge on any atom is 0.405 e. The van der Waals surface area contributed by atoms with Gasteiger partial charge in [0, 0.05) is 24.8 Å². The fraction of sp³-hybridized carbons (Fsp3) is 0.545. The van der Waals surface area contributed by atoms with Crippen molar-refractivity contribution in [3.8, 4) is 11.5 Å². The maximum atomic E-state index is 12.8. The molecule has 13 heteroatoms. The molecule has 1 saturated heterocycles. The molecular weight excluding hydrogens is 469 g/mol. The summed E-state index contributed by atoms with van der Waals surface area (Å²) in [5.41, 5.74) is 1.78. The number of aromatic nitrogens is 4. The van der Waals surface area contributed by atoms with Crippen LogP contribution in [-0.4, -0.2) is 68.4 Å². The van der Waals surface area contributed by atoms with E-state index in [1.54, 1.807) is 39.2 Å². The van der Waals surface area contributed by atoms with E-state index in [0.29, 0.717) is 28.8 Å². The summed E-state index contributed by atoms with van der Waals surface area (Å²) >= 11 is 0. The maximum absolute atomic E-state index is 12.8. The number of aryl methyl sites for hydroxylation is 1. The molecule has 0 amide bonds. The number of pyridine rings is 1. The van der Waals surface area contributed by atoms with Crippen molar-refractivity contribution in [1.29, 1.82) is 0 Å². The van der Waals surface area contributed by atoms with Gasteiger partial charge in [0.2, 0.25) is 11.8 Å². The van der Waals surface area contributed by atoms with E-state index in [0.717, 1.165) is 0 Å². The molecule has 0 spiro atoms. The van der Waals surface area contributed by atoms with Gasteiger partial charge in [-0.15, -0.1) is 0 Å². The van der Waals surface area contributed by atoms with Crippen LogP contribution in [0.15, 0.2) is 22.9 Å². The van der Waals surface area contributed by atoms with Crippen molar-refractivity contribution in [2.45, 2.75) is 57.4 Å². The second-order valence-electron chi connectivity index (χ2n) is 9.18. The first-order chi connectivity index (χ1) is 16.5. The zero-order valence-electron chi connectivity index (χ0n) is 19.3. The molecule has 0 bridgehead atoms. The van der Waals surface area contributed by atoms with Gasteiger partial charge in [0.05, 0.1) is 24.0 Å². The number of fused-ring (bicyclic) bond motifs is 2. The van der Waals surface area contributed by atoms with E-state index in [-0.39, 0.29) is 42.3 Å². The Balaban J connectivity index is 1.53. The molecular formula is C22H25F3N6O4. The zero-order chi connectivity index (χ0) is 25.0. The number of oxazole rings is 1. The third-order valence-electron chi connectivity index (χ3n) is 6.08. The van der Waals surface area contributed by atoms with Gasteiger partial charge in [-0.25, -0.2) is 9.97 Å². The second-order valence-corrected chi connectivity index (χ2v) is 9.18. The van der Waals surface area contributed by atoms with Gasteiger partial charge in [0.15, 0.2) is 11.4 Å². The van der Waals surface area contributed by atoms with Crippen molar-refractivity contribution in [3.05, 3.63) is 24.2 Å². The highest BCUT2D eigenvalue weighted by Gasteiger charge is 2.54. The average Bonchev–Trinajstić information content (AvgIpc) is 3.42. The third-order valence-corrected chi connectivity index (χ3v) is 6.08. The van der Waals surface area contributed by atoms with Crippen LogP contribution in [0.3, 0.4) is 0 Å². The highest BCUT2D eigenvalue weighted by Crippen LogP contribution is 2.43. The van der Waals surface area contributed by atoms with Crippen molar-refractivity contribution < 1.29 is 32.2 Å². The van der Waals surface area contributed by atoms with E-state index >= 15 is 0 Å². The highest BCUT2D eigenvalue weighted by molar-refractivity contribution is 5.80. The predicted octanol–water partition coefficient (Wildman–Crippen LogP) is 3.28. The first kappa shape index (κ1) is 23.7. The molecule has 4 heterocycles. The molecule has 1 saturated carbocycles. The number of halogens is 3. The molecule has 188 valence electrons. The van der Waals surface area contributed by atoms with Crippen molar-refractivity contribution in [3.63, 3.8) is 0 Å². The van der Waals surface area contributed by atoms with Crippen molar-refractivity contribution >= 4 is 22.9 Å². The summed E-state index contributed by atoms with van der Waals surface area (Å²) < 4.78 is 56.4. The number of alkyl halides is 3. The quantitative estimate of drug-likeness (QED) is 0.470. The molecule has 2 fully saturated rings. The lowest BCUT2D eigenvalue weighted by Gasteiger charge is -2.24. The van der Waals surface area contributed by atoms with Crippen LogP contribution >= 0.6 is 0 Å². The predicted molar refractivity (Wildman–Crippen MR) is 119 cm³/mol. The smallest absolute Gasteiger partial charge is 0.405 e. The summed E-state index contributed by atoms with van der Waals surface area (Å²) in [7, 11) is 0. The monoisotopic (exact) mass is 494 g/mol. The largest absolute Gasteiger partial charge is 0.436 e. The SMILES string of the molecule is Cc1nc(NCC(F)(F)F)nc(N[C@@H]2C[C@H](CO)[C@H]3OC(C)(C)O[C@H]32)c1-c1nc2cnccc2o1. The van der Waals surface area contributed by atoms with E-state index < -0.39 is 24.6 Å². The lowest BCUT2D eigenvalue weighted by molar-refractivity contribution is -0.158. The third kappa shape index (κ3) is 4.75. The van der Waals surface area contributed by atoms with Crippen LogP contribution in [-0.2, 0) is 9.47 Å². The molecule has 0 radical (unpaired) electrons. The summed E-state index contributed by atoms with van der Waals surface area (Å²) in [5.74, 6) is -0.768. The number of aliphatic hydroxyl groups is 1. The fourth-order valence-corrected chi connectivity index (χ4v) is 4.66. The average molecular weight is 494 g/mol. The number of rotatable bonds is 6. The molecule has 0 unspecified atom stereocenters. The molecule has 0 aromatic carbocycles. The number of nitrogens with one attached hydrogen (secondary N) is 2. The van der Waals surface area contributed by atoms with Gasteiger partial charge < -0.3 is 29.6 Å². The van der Waals surface area contributed by atoms with Crippen LogP contribution in [0.25, 0.3) is 22.6 Å². The van der Waals surface area contributed by atoms with Crippen molar-refractivity contribution in [1.82, 2.24) is 19.9 Å². The minimum atomic E-state index is -4.44. The molecule has 3 aromatic heterocycles. The topological polar surface area (TPSA) is 127 Å². The molecule has 10 nitrogen and oxygen atoms in total. The number of anilines is 2. The van der Waals surface area contributed by atoms with Crippen LogP contribution in [0.2, 0.25) is 0 Å². The Hall–Kier alpha value is -3.03. The fourth-order valence-electron chi connectivity index (χ4n) is 4.66. The molecule has 1 aliphatic heterocycles. The van der Waals surface area contributed by atoms with Gasteiger partial charge in [-0.3, -0.25) is 4.98 Å². The van der Waals surface area contributed by atoms with E-state index in [1.807, 2.05) is 0 Å². The van der Waals surface area contributed by atoms with E-state index in [1.165, 1.54) is 0 Å². The molecule has 2 aliphatic rings. The van der Waals surface area contributed by atoms with Crippen LogP contribution in [0, 0.1) is 12.8 Å². The molecule has 3 N–H and O–H groups in total. The number of hydrogen-bond donors (Lipinski definition) is 3. The minimum absolute atomic E-state index is 0.0923. The summed E-state index contributed by atoms with van der Waals surface area (Å²) in [6, 6.07) is 1.32. The van der Waals surface area contributed by atoms with Crippen LogP contribution in [0.5, 0.6) is 0 Å². The van der Waals surface area contributed by atoms with Gasteiger partial charge in [-0.05, 0) is 27.2 Å². The summed E-state index contributed by atoms with van der Waals surface area (Å²) in [6.45, 7) is 3.85. The molecule has 5 rings (SSSR count). The Kier molecular flexibility index (Phi) is 5.80. The first-order valence-corrected chi connectivity index (χ1v) is 11.2. The van der Waals surface area contributed by atoms with Gasteiger partial charge in [0.1, 0.15) is 29.5 Å². The van der Waals surface area contributed by atoms with Gasteiger partial charge in [-0.1, -0.05) is 0 Å². The molecule has 3 aromatic rings. The summed E-state index contributed by atoms with van der Waals surface area (Å²) in [6.07, 6.45) is -1.56. The first-order valence-electron chi connectivity index (χ1n) is 11.2. The van der Waals surface area contributed by atoms with Crippen molar-refractivity contribution in [2.75, 3.05) is 23.8 Å². The normalized spacial score (nSPS) is 25.7. The van der Waals surface area contributed by atoms with Crippen LogP contribution in [0.1, 0.15) is 26.0 Å². The summed E-state index contributed by atoms with van der Waals surface area (Å²) in [5, 5.41) is 15.4. The van der Waals surface area contributed by atoms with E-state index in [9.17, 15) is 18.3 Å². The van der Waals surface area contributed by atoms with E-state index in [2.05, 4.69) is 30.6 Å². The molecule has 35 heavy (non-hydrogen) atoms. The number of nitrogens with zero attached hydrogens (tertiary/aromatic N) is 4. The number of aliphatic hydroxyl groups excluding tert-OH is 1. The van der Waals surface area contributed by atoms with Crippen LogP contribution in [0.4, 0.5) is 24.9 Å². The summed E-state index contributed by atoms with van der Waals surface area (Å²) in [4.78, 5) is 17.1. The van der Waals surface area contributed by atoms with E-state index in [4.69, 9.17) is 13.9 Å². The lowest BCUT2D eigenvalue weighted by Crippen LogP contribution is -2.35.